The highest BCUT2D eigenvalue weighted by Gasteiger charge is 2.11. The summed E-state index contributed by atoms with van der Waals surface area (Å²) in [6.07, 6.45) is 0. The Bertz CT molecular complexity index is 1150. The third-order valence-electron chi connectivity index (χ3n) is 3.94. The fraction of sp³-hybridized carbons (Fsp3) is 0.158. The van der Waals surface area contributed by atoms with E-state index in [0.717, 1.165) is 29.1 Å². The Labute approximate surface area is 197 Å². The molecule has 1 aromatic carbocycles. The van der Waals surface area contributed by atoms with Crippen molar-refractivity contribution in [2.24, 2.45) is 0 Å². The molecule has 0 saturated carbocycles. The Kier molecular flexibility index (Phi) is 7.74. The molecule has 2 heterocycles. The molecule has 2 aromatic heterocycles. The second-order valence-corrected chi connectivity index (χ2v) is 8.59. The van der Waals surface area contributed by atoms with Crippen LogP contribution in [0.5, 0.6) is 0 Å². The number of rotatable bonds is 8. The van der Waals surface area contributed by atoms with E-state index in [1.807, 2.05) is 6.92 Å². The van der Waals surface area contributed by atoms with Crippen LogP contribution in [-0.4, -0.2) is 43.3 Å². The zero-order valence-corrected chi connectivity index (χ0v) is 19.2. The lowest BCUT2D eigenvalue weighted by Crippen LogP contribution is -2.16. The summed E-state index contributed by atoms with van der Waals surface area (Å²) >= 11 is 2.24. The number of carbonyl (C=O) groups is 2. The Morgan fingerprint density at radius 2 is 1.21 bits per heavy atom. The maximum absolute atomic E-state index is 12.3. The summed E-state index contributed by atoms with van der Waals surface area (Å²) in [6.45, 7) is 1.82. The third kappa shape index (κ3) is 7.40. The lowest BCUT2D eigenvalue weighted by atomic mass is 10.1. The van der Waals surface area contributed by atoms with Gasteiger partial charge in [-0.1, -0.05) is 23.5 Å². The standard InChI is InChI=1S/C19H22N10O2S2/c1-9-4-10(24-16(30)7-32-18-26-12(20)5-13(21)27-18)2-3-11(9)25-17(31)8-33-19-28-14(22)6-15(23)29-19/h2-6H,7-8H2,1H3,(H,24,30)(H,25,31)(H4,20,21,26,27)(H4,22,23,28,29). The highest BCUT2D eigenvalue weighted by Crippen LogP contribution is 2.22. The maximum atomic E-state index is 12.3. The number of aromatic nitrogens is 4. The first kappa shape index (κ1) is 23.9. The second-order valence-electron chi connectivity index (χ2n) is 6.70. The van der Waals surface area contributed by atoms with Crippen LogP contribution in [0.1, 0.15) is 5.56 Å². The molecule has 0 atom stereocenters. The first-order valence-electron chi connectivity index (χ1n) is 9.44. The van der Waals surface area contributed by atoms with Gasteiger partial charge in [-0.15, -0.1) is 0 Å². The Hall–Kier alpha value is -3.78. The minimum Gasteiger partial charge on any atom is -0.383 e. The van der Waals surface area contributed by atoms with E-state index in [-0.39, 0.29) is 46.6 Å². The van der Waals surface area contributed by atoms with Gasteiger partial charge < -0.3 is 33.6 Å². The van der Waals surface area contributed by atoms with Gasteiger partial charge in [0.1, 0.15) is 23.3 Å². The molecule has 0 aliphatic rings. The van der Waals surface area contributed by atoms with Gasteiger partial charge in [-0.2, -0.15) is 0 Å². The average molecular weight is 487 g/mol. The number of thioether (sulfide) groups is 2. The summed E-state index contributed by atoms with van der Waals surface area (Å²) in [4.78, 5) is 40.6. The van der Waals surface area contributed by atoms with Crippen LogP contribution in [0.25, 0.3) is 0 Å². The lowest BCUT2D eigenvalue weighted by Gasteiger charge is -2.11. The van der Waals surface area contributed by atoms with E-state index in [1.165, 1.54) is 12.1 Å². The van der Waals surface area contributed by atoms with E-state index in [2.05, 4.69) is 30.6 Å². The number of amides is 2. The van der Waals surface area contributed by atoms with E-state index in [4.69, 9.17) is 22.9 Å². The number of hydrogen-bond acceptors (Lipinski definition) is 12. The summed E-state index contributed by atoms with van der Waals surface area (Å²) in [5.41, 5.74) is 24.5. The van der Waals surface area contributed by atoms with Crippen molar-refractivity contribution in [2.45, 2.75) is 17.2 Å². The smallest absolute Gasteiger partial charge is 0.234 e. The molecule has 0 radical (unpaired) electrons. The molecule has 14 heteroatoms. The van der Waals surface area contributed by atoms with Gasteiger partial charge in [0.05, 0.1) is 11.5 Å². The van der Waals surface area contributed by atoms with Crippen LogP contribution in [-0.2, 0) is 9.59 Å². The number of nitrogen functional groups attached to an aromatic ring is 4. The number of anilines is 6. The molecule has 33 heavy (non-hydrogen) atoms. The molecule has 0 aliphatic heterocycles. The number of nitrogens with one attached hydrogen (secondary N) is 2. The molecule has 3 aromatic rings. The molecule has 10 N–H and O–H groups in total. The quantitative estimate of drug-likeness (QED) is 0.197. The molecular weight excluding hydrogens is 464 g/mol. The predicted molar refractivity (Wildman–Crippen MR) is 132 cm³/mol. The van der Waals surface area contributed by atoms with Crippen molar-refractivity contribution in [1.29, 1.82) is 0 Å². The van der Waals surface area contributed by atoms with Gasteiger partial charge >= 0.3 is 0 Å². The van der Waals surface area contributed by atoms with Gasteiger partial charge in [-0.25, -0.2) is 19.9 Å². The predicted octanol–water partition coefficient (Wildman–Crippen LogP) is 1.37. The van der Waals surface area contributed by atoms with E-state index in [9.17, 15) is 9.59 Å². The molecule has 172 valence electrons. The molecule has 0 unspecified atom stereocenters. The third-order valence-corrected chi connectivity index (χ3v) is 5.63. The molecule has 0 aliphatic carbocycles. The number of aryl methyl sites for hydroxylation is 1. The Morgan fingerprint density at radius 3 is 1.67 bits per heavy atom. The van der Waals surface area contributed by atoms with Crippen LogP contribution in [0, 0.1) is 6.92 Å². The van der Waals surface area contributed by atoms with Crippen molar-refractivity contribution in [1.82, 2.24) is 19.9 Å². The number of benzene rings is 1. The monoisotopic (exact) mass is 486 g/mol. The van der Waals surface area contributed by atoms with Crippen LogP contribution in [0.4, 0.5) is 34.6 Å². The second kappa shape index (κ2) is 10.7. The lowest BCUT2D eigenvalue weighted by molar-refractivity contribution is -0.114. The number of hydrogen-bond donors (Lipinski definition) is 6. The van der Waals surface area contributed by atoms with Crippen molar-refractivity contribution < 1.29 is 9.59 Å². The van der Waals surface area contributed by atoms with Gasteiger partial charge in [0.2, 0.25) is 11.8 Å². The normalized spacial score (nSPS) is 10.6. The largest absolute Gasteiger partial charge is 0.383 e. The molecule has 12 nitrogen and oxygen atoms in total. The van der Waals surface area contributed by atoms with E-state index in [1.54, 1.807) is 18.2 Å². The van der Waals surface area contributed by atoms with Crippen LogP contribution in [0.15, 0.2) is 40.6 Å². The molecule has 0 fully saturated rings. The summed E-state index contributed by atoms with van der Waals surface area (Å²) in [5, 5.41) is 6.24. The SMILES string of the molecule is Cc1cc(NC(=O)CSc2nc(N)cc(N)n2)ccc1NC(=O)CSc1nc(N)cc(N)n1. The number of carbonyl (C=O) groups excluding carboxylic acids is 2. The van der Waals surface area contributed by atoms with Crippen LogP contribution < -0.4 is 33.6 Å². The summed E-state index contributed by atoms with van der Waals surface area (Å²) in [7, 11) is 0. The topological polar surface area (TPSA) is 214 Å². The highest BCUT2D eigenvalue weighted by atomic mass is 32.2. The van der Waals surface area contributed by atoms with Crippen molar-refractivity contribution in [3.63, 3.8) is 0 Å². The van der Waals surface area contributed by atoms with Crippen LogP contribution >= 0.6 is 23.5 Å². The van der Waals surface area contributed by atoms with Crippen molar-refractivity contribution in [3.8, 4) is 0 Å². The summed E-state index contributed by atoms with van der Waals surface area (Å²) in [5.74, 6) is 0.607. The van der Waals surface area contributed by atoms with Gasteiger partial charge in [-0.05, 0) is 30.7 Å². The van der Waals surface area contributed by atoms with Crippen LogP contribution in [0.2, 0.25) is 0 Å². The molecule has 0 saturated heterocycles. The number of nitrogens with two attached hydrogens (primary N) is 4. The minimum atomic E-state index is -0.251. The fourth-order valence-electron chi connectivity index (χ4n) is 2.58. The molecule has 2 amide bonds. The maximum Gasteiger partial charge on any atom is 0.234 e. The molecule has 3 rings (SSSR count). The number of nitrogens with zero attached hydrogens (tertiary/aromatic N) is 4. The van der Waals surface area contributed by atoms with Crippen LogP contribution in [0.3, 0.4) is 0 Å². The zero-order valence-electron chi connectivity index (χ0n) is 17.5. The first-order chi connectivity index (χ1) is 15.7. The van der Waals surface area contributed by atoms with E-state index < -0.39 is 0 Å². The molecular formula is C19H22N10O2S2. The minimum absolute atomic E-state index is 0.0776. The van der Waals surface area contributed by atoms with Gasteiger partial charge in [0.25, 0.3) is 0 Å². The molecule has 0 bridgehead atoms. The van der Waals surface area contributed by atoms with E-state index >= 15 is 0 Å². The average Bonchev–Trinajstić information content (AvgIpc) is 2.71. The molecule has 0 spiro atoms. The first-order valence-corrected chi connectivity index (χ1v) is 11.4. The highest BCUT2D eigenvalue weighted by molar-refractivity contribution is 8.00. The van der Waals surface area contributed by atoms with Crippen molar-refractivity contribution >= 4 is 70.0 Å². The van der Waals surface area contributed by atoms with E-state index in [0.29, 0.717) is 21.7 Å². The Morgan fingerprint density at radius 1 is 0.758 bits per heavy atom. The summed E-state index contributed by atoms with van der Waals surface area (Å²) < 4.78 is 0. The fourth-order valence-corrected chi connectivity index (χ4v) is 3.92. The van der Waals surface area contributed by atoms with Crippen molar-refractivity contribution in [3.05, 3.63) is 35.9 Å². The summed E-state index contributed by atoms with van der Waals surface area (Å²) in [6, 6.07) is 8.02. The van der Waals surface area contributed by atoms with Crippen molar-refractivity contribution in [2.75, 3.05) is 45.1 Å². The Balaban J connectivity index is 1.51. The van der Waals surface area contributed by atoms with Gasteiger partial charge in [0.15, 0.2) is 10.3 Å². The van der Waals surface area contributed by atoms with Gasteiger partial charge in [0, 0.05) is 23.5 Å². The zero-order chi connectivity index (χ0) is 24.0. The van der Waals surface area contributed by atoms with Gasteiger partial charge in [-0.3, -0.25) is 9.59 Å².